The first kappa shape index (κ1) is 20.0. The van der Waals surface area contributed by atoms with Gasteiger partial charge in [-0.3, -0.25) is 14.3 Å². The molecule has 0 spiro atoms. The third-order valence-electron chi connectivity index (χ3n) is 4.67. The summed E-state index contributed by atoms with van der Waals surface area (Å²) < 4.78 is 1.57. The molecule has 9 heteroatoms. The molecule has 1 unspecified atom stereocenters. The van der Waals surface area contributed by atoms with Crippen molar-refractivity contribution in [3.8, 4) is 5.69 Å². The molecule has 156 valence electrons. The summed E-state index contributed by atoms with van der Waals surface area (Å²) in [6, 6.07) is 17.6. The Hall–Kier alpha value is -4.27. The fraction of sp³-hybridized carbons (Fsp3) is 0.136. The Labute approximate surface area is 178 Å². The highest BCUT2D eigenvalue weighted by molar-refractivity contribution is 6.04. The summed E-state index contributed by atoms with van der Waals surface area (Å²) in [5.74, 6) is -0.595. The van der Waals surface area contributed by atoms with E-state index in [2.05, 4.69) is 25.9 Å². The molecule has 0 saturated carbocycles. The Morgan fingerprint density at radius 1 is 0.935 bits per heavy atom. The molecule has 0 saturated heterocycles. The Kier molecular flexibility index (Phi) is 5.57. The van der Waals surface area contributed by atoms with Gasteiger partial charge in [0.15, 0.2) is 5.69 Å². The average Bonchev–Trinajstić information content (AvgIpc) is 3.44. The number of amides is 2. The standard InChI is InChI=1S/C22H21N7O2/c1-15-20(27-29(26-15)19-10-4-3-5-11-19)22(31)25-18-9-6-8-17(14-18)24-21(30)16(2)28-13-7-12-23-28/h3-14,16H,1-2H3,(H,24,30)(H,25,31). The summed E-state index contributed by atoms with van der Waals surface area (Å²) in [4.78, 5) is 26.6. The van der Waals surface area contributed by atoms with E-state index < -0.39 is 6.04 Å². The molecule has 9 nitrogen and oxygen atoms in total. The van der Waals surface area contributed by atoms with Crippen LogP contribution in [0.1, 0.15) is 29.1 Å². The summed E-state index contributed by atoms with van der Waals surface area (Å²) >= 11 is 0. The van der Waals surface area contributed by atoms with Crippen LogP contribution in [0.3, 0.4) is 0 Å². The molecule has 2 heterocycles. The van der Waals surface area contributed by atoms with Crippen LogP contribution >= 0.6 is 0 Å². The molecule has 31 heavy (non-hydrogen) atoms. The fourth-order valence-corrected chi connectivity index (χ4v) is 3.01. The quantitative estimate of drug-likeness (QED) is 0.503. The first-order chi connectivity index (χ1) is 15.0. The lowest BCUT2D eigenvalue weighted by Crippen LogP contribution is -2.24. The lowest BCUT2D eigenvalue weighted by molar-refractivity contribution is -0.119. The van der Waals surface area contributed by atoms with E-state index in [0.717, 1.165) is 5.69 Å². The molecule has 0 aliphatic carbocycles. The first-order valence-electron chi connectivity index (χ1n) is 9.72. The Morgan fingerprint density at radius 3 is 2.39 bits per heavy atom. The van der Waals surface area contributed by atoms with Crippen LogP contribution in [0.2, 0.25) is 0 Å². The van der Waals surface area contributed by atoms with Crippen molar-refractivity contribution in [2.24, 2.45) is 0 Å². The maximum atomic E-state index is 12.8. The van der Waals surface area contributed by atoms with Gasteiger partial charge in [-0.1, -0.05) is 24.3 Å². The van der Waals surface area contributed by atoms with Gasteiger partial charge in [0.1, 0.15) is 6.04 Å². The van der Waals surface area contributed by atoms with Gasteiger partial charge < -0.3 is 10.6 Å². The van der Waals surface area contributed by atoms with Gasteiger partial charge in [-0.2, -0.15) is 15.0 Å². The van der Waals surface area contributed by atoms with E-state index in [1.165, 1.54) is 4.80 Å². The third kappa shape index (κ3) is 4.50. The molecule has 2 aromatic carbocycles. The smallest absolute Gasteiger partial charge is 0.278 e. The van der Waals surface area contributed by atoms with Gasteiger partial charge in [0.25, 0.3) is 5.91 Å². The summed E-state index contributed by atoms with van der Waals surface area (Å²) in [6.45, 7) is 3.49. The number of anilines is 2. The lowest BCUT2D eigenvalue weighted by Gasteiger charge is -2.13. The van der Waals surface area contributed by atoms with E-state index in [0.29, 0.717) is 17.1 Å². The van der Waals surface area contributed by atoms with Gasteiger partial charge in [0.05, 0.1) is 11.4 Å². The molecule has 2 amide bonds. The van der Waals surface area contributed by atoms with Crippen molar-refractivity contribution >= 4 is 23.2 Å². The van der Waals surface area contributed by atoms with Crippen molar-refractivity contribution in [2.45, 2.75) is 19.9 Å². The van der Waals surface area contributed by atoms with Crippen LogP contribution in [-0.4, -0.2) is 36.6 Å². The minimum Gasteiger partial charge on any atom is -0.324 e. The molecule has 2 N–H and O–H groups in total. The van der Waals surface area contributed by atoms with Crippen LogP contribution in [0.5, 0.6) is 0 Å². The average molecular weight is 415 g/mol. The zero-order chi connectivity index (χ0) is 21.8. The lowest BCUT2D eigenvalue weighted by atomic mass is 10.2. The Balaban J connectivity index is 1.46. The normalized spacial score (nSPS) is 11.7. The first-order valence-corrected chi connectivity index (χ1v) is 9.72. The van der Waals surface area contributed by atoms with Crippen LogP contribution in [0, 0.1) is 6.92 Å². The molecular formula is C22H21N7O2. The molecule has 4 rings (SSSR count). The topological polar surface area (TPSA) is 107 Å². The highest BCUT2D eigenvalue weighted by atomic mass is 16.2. The fourth-order valence-electron chi connectivity index (χ4n) is 3.01. The van der Waals surface area contributed by atoms with E-state index in [-0.39, 0.29) is 17.5 Å². The second kappa shape index (κ2) is 8.62. The second-order valence-corrected chi connectivity index (χ2v) is 6.95. The number of aromatic nitrogens is 5. The largest absolute Gasteiger partial charge is 0.324 e. The zero-order valence-corrected chi connectivity index (χ0v) is 17.1. The number of carbonyl (C=O) groups is 2. The number of carbonyl (C=O) groups excluding carboxylic acids is 2. The van der Waals surface area contributed by atoms with Crippen molar-refractivity contribution < 1.29 is 9.59 Å². The van der Waals surface area contributed by atoms with Gasteiger partial charge in [-0.25, -0.2) is 0 Å². The summed E-state index contributed by atoms with van der Waals surface area (Å²) in [7, 11) is 0. The molecule has 1 atom stereocenters. The van der Waals surface area contributed by atoms with E-state index in [1.807, 2.05) is 30.3 Å². The van der Waals surface area contributed by atoms with Crippen LogP contribution in [0.4, 0.5) is 11.4 Å². The number of nitrogens with zero attached hydrogens (tertiary/aromatic N) is 5. The van der Waals surface area contributed by atoms with Crippen molar-refractivity contribution in [1.29, 1.82) is 0 Å². The number of benzene rings is 2. The SMILES string of the molecule is Cc1nn(-c2ccccc2)nc1C(=O)Nc1cccc(NC(=O)C(C)n2cccn2)c1. The number of para-hydroxylation sites is 1. The van der Waals surface area contributed by atoms with Gasteiger partial charge in [0.2, 0.25) is 5.91 Å². The van der Waals surface area contributed by atoms with Crippen molar-refractivity contribution in [3.63, 3.8) is 0 Å². The Morgan fingerprint density at radius 2 is 1.68 bits per heavy atom. The molecule has 0 fully saturated rings. The van der Waals surface area contributed by atoms with Crippen molar-refractivity contribution in [1.82, 2.24) is 24.8 Å². The monoisotopic (exact) mass is 415 g/mol. The number of aryl methyl sites for hydroxylation is 1. The highest BCUT2D eigenvalue weighted by Crippen LogP contribution is 2.18. The third-order valence-corrected chi connectivity index (χ3v) is 4.67. The summed E-state index contributed by atoms with van der Waals surface area (Å²) in [5.41, 5.74) is 2.60. The molecule has 0 aliphatic rings. The molecule has 0 aliphatic heterocycles. The highest BCUT2D eigenvalue weighted by Gasteiger charge is 2.18. The predicted molar refractivity (Wildman–Crippen MR) is 116 cm³/mol. The summed E-state index contributed by atoms with van der Waals surface area (Å²) in [5, 5.41) is 18.4. The zero-order valence-electron chi connectivity index (χ0n) is 17.1. The number of nitrogens with one attached hydrogen (secondary N) is 2. The van der Waals surface area contributed by atoms with E-state index >= 15 is 0 Å². The molecule has 0 bridgehead atoms. The minimum absolute atomic E-state index is 0.214. The van der Waals surface area contributed by atoms with Gasteiger partial charge >= 0.3 is 0 Å². The van der Waals surface area contributed by atoms with Crippen LogP contribution in [0.15, 0.2) is 73.1 Å². The number of hydrogen-bond acceptors (Lipinski definition) is 5. The molecule has 4 aromatic rings. The predicted octanol–water partition coefficient (Wildman–Crippen LogP) is 3.22. The minimum atomic E-state index is -0.469. The maximum Gasteiger partial charge on any atom is 0.278 e. The maximum absolute atomic E-state index is 12.8. The second-order valence-electron chi connectivity index (χ2n) is 6.95. The van der Waals surface area contributed by atoms with E-state index in [1.54, 1.807) is 61.3 Å². The van der Waals surface area contributed by atoms with E-state index in [4.69, 9.17) is 0 Å². The number of rotatable bonds is 6. The van der Waals surface area contributed by atoms with Gasteiger partial charge in [-0.05, 0) is 50.2 Å². The van der Waals surface area contributed by atoms with Crippen LogP contribution in [0.25, 0.3) is 5.69 Å². The summed E-state index contributed by atoms with van der Waals surface area (Å²) in [6.07, 6.45) is 3.35. The van der Waals surface area contributed by atoms with Crippen LogP contribution < -0.4 is 10.6 Å². The van der Waals surface area contributed by atoms with Crippen molar-refractivity contribution in [2.75, 3.05) is 10.6 Å². The Bertz CT molecular complexity index is 1200. The van der Waals surface area contributed by atoms with Gasteiger partial charge in [0, 0.05) is 23.8 Å². The van der Waals surface area contributed by atoms with Crippen molar-refractivity contribution in [3.05, 3.63) is 84.4 Å². The molecule has 0 radical (unpaired) electrons. The number of hydrogen-bond donors (Lipinski definition) is 2. The van der Waals surface area contributed by atoms with Gasteiger partial charge in [-0.15, -0.1) is 5.10 Å². The van der Waals surface area contributed by atoms with Crippen LogP contribution in [-0.2, 0) is 4.79 Å². The molecule has 2 aromatic heterocycles. The van der Waals surface area contributed by atoms with E-state index in [9.17, 15) is 9.59 Å². The molecular weight excluding hydrogens is 394 g/mol.